The van der Waals surface area contributed by atoms with E-state index in [0.29, 0.717) is 0 Å². The van der Waals surface area contributed by atoms with Gasteiger partial charge in [0, 0.05) is 0 Å². The molecule has 0 saturated heterocycles. The summed E-state index contributed by atoms with van der Waals surface area (Å²) in [7, 11) is 0. The van der Waals surface area contributed by atoms with Gasteiger partial charge < -0.3 is 0 Å². The summed E-state index contributed by atoms with van der Waals surface area (Å²) in [5.41, 5.74) is 0. The molecule has 0 heterocycles. The molecule has 0 N–H and O–H groups in total. The first-order valence-corrected chi connectivity index (χ1v) is 15.9. The first-order valence-electron chi connectivity index (χ1n) is 15.9. The molecule has 3 unspecified atom stereocenters. The second-order valence-electron chi connectivity index (χ2n) is 9.69. The third-order valence-electron chi connectivity index (χ3n) is 6.67. The quantitative estimate of drug-likeness (QED) is 0.248. The van der Waals surface area contributed by atoms with Crippen LogP contribution in [-0.2, 0) is 0 Å². The molecule has 208 valence electrons. The zero-order valence-electron chi connectivity index (χ0n) is 26.9. The summed E-state index contributed by atoms with van der Waals surface area (Å²) in [6.45, 7) is 30.8. The molecule has 33 heavy (non-hydrogen) atoms. The Balaban J connectivity index is -0.000000110. The van der Waals surface area contributed by atoms with E-state index in [1.807, 2.05) is 27.7 Å². The average Bonchev–Trinajstić information content (AvgIpc) is 2.84. The molecule has 1 rings (SSSR count). The highest BCUT2D eigenvalue weighted by atomic mass is 14.3. The van der Waals surface area contributed by atoms with Gasteiger partial charge >= 0.3 is 0 Å². The fourth-order valence-electron chi connectivity index (χ4n) is 3.71. The third kappa shape index (κ3) is 39.5. The average molecular weight is 473 g/mol. The molecular weight excluding hydrogens is 396 g/mol. The van der Waals surface area contributed by atoms with Crippen LogP contribution in [0.3, 0.4) is 0 Å². The van der Waals surface area contributed by atoms with E-state index < -0.39 is 0 Å². The molecule has 0 aromatic rings. The number of unbranched alkanes of at least 4 members (excludes halogenated alkanes) is 7. The van der Waals surface area contributed by atoms with Gasteiger partial charge in [0.05, 0.1) is 0 Å². The van der Waals surface area contributed by atoms with Crippen molar-refractivity contribution in [1.29, 1.82) is 0 Å². The molecule has 0 radical (unpaired) electrons. The van der Waals surface area contributed by atoms with Crippen molar-refractivity contribution in [2.24, 2.45) is 23.7 Å². The van der Waals surface area contributed by atoms with E-state index in [1.165, 1.54) is 96.3 Å². The molecule has 1 fully saturated rings. The van der Waals surface area contributed by atoms with Gasteiger partial charge in [-0.25, -0.2) is 0 Å². The summed E-state index contributed by atoms with van der Waals surface area (Å²) in [5.74, 6) is 3.99. The van der Waals surface area contributed by atoms with Gasteiger partial charge in [-0.15, -0.1) is 0 Å². The van der Waals surface area contributed by atoms with Crippen LogP contribution in [0.5, 0.6) is 0 Å². The van der Waals surface area contributed by atoms with Crippen LogP contribution >= 0.6 is 0 Å². The Labute approximate surface area is 216 Å². The minimum Gasteiger partial charge on any atom is -0.0683 e. The standard InChI is InChI=1S/C13H28.C7H14.C5H12.C4H10.2C2H6/c1-5-7-8-9-10-11-13(6-2)12(3)4;1-3-7-5-4-6(7)2;1-3-5-4-2;1-3-4-2;2*1-2/h12-13H,5-11H2,1-4H3;6-7H,3-5H2,1-2H3;3-5H2,1-2H3;3-4H2,1-2H3;2*1-2H3. The van der Waals surface area contributed by atoms with Crippen molar-refractivity contribution in [2.45, 2.75) is 193 Å². The summed E-state index contributed by atoms with van der Waals surface area (Å²) in [6, 6.07) is 0. The minimum absolute atomic E-state index is 0.885. The Kier molecular flexibility index (Phi) is 55.1. The highest BCUT2D eigenvalue weighted by molar-refractivity contribution is 4.75. The second kappa shape index (κ2) is 42.2. The lowest BCUT2D eigenvalue weighted by molar-refractivity contribution is 0.190. The summed E-state index contributed by atoms with van der Waals surface area (Å²) in [6.07, 6.45) is 21.1. The Morgan fingerprint density at radius 2 is 1.03 bits per heavy atom. The Bertz CT molecular complexity index is 249. The maximum atomic E-state index is 2.36. The first kappa shape index (κ1) is 43.1. The van der Waals surface area contributed by atoms with Crippen molar-refractivity contribution in [3.63, 3.8) is 0 Å². The lowest BCUT2D eigenvalue weighted by Crippen LogP contribution is -2.21. The highest BCUT2D eigenvalue weighted by Crippen LogP contribution is 2.35. The van der Waals surface area contributed by atoms with E-state index in [2.05, 4.69) is 69.2 Å². The lowest BCUT2D eigenvalue weighted by Gasteiger charge is -2.32. The zero-order chi connectivity index (χ0) is 26.9. The zero-order valence-corrected chi connectivity index (χ0v) is 26.9. The second-order valence-corrected chi connectivity index (χ2v) is 9.69. The largest absolute Gasteiger partial charge is 0.0683 e. The van der Waals surface area contributed by atoms with Gasteiger partial charge in [0.1, 0.15) is 0 Å². The van der Waals surface area contributed by atoms with E-state index >= 15 is 0 Å². The Hall–Kier alpha value is 0. The maximum absolute atomic E-state index is 2.36. The molecule has 0 aromatic carbocycles. The normalized spacial score (nSPS) is 16.5. The van der Waals surface area contributed by atoms with Crippen molar-refractivity contribution in [3.8, 4) is 0 Å². The summed E-state index contributed by atoms with van der Waals surface area (Å²) in [5, 5.41) is 0. The number of rotatable bonds is 12. The minimum atomic E-state index is 0.885. The van der Waals surface area contributed by atoms with Crippen molar-refractivity contribution in [2.75, 3.05) is 0 Å². The monoisotopic (exact) mass is 473 g/mol. The van der Waals surface area contributed by atoms with E-state index in [-0.39, 0.29) is 0 Å². The third-order valence-corrected chi connectivity index (χ3v) is 6.67. The van der Waals surface area contributed by atoms with Gasteiger partial charge in [-0.05, 0) is 30.1 Å². The molecule has 3 atom stereocenters. The van der Waals surface area contributed by atoms with Gasteiger partial charge in [-0.3, -0.25) is 0 Å². The topological polar surface area (TPSA) is 0 Å². The number of hydrogen-bond donors (Lipinski definition) is 0. The van der Waals surface area contributed by atoms with Gasteiger partial charge in [0.15, 0.2) is 0 Å². The van der Waals surface area contributed by atoms with E-state index in [0.717, 1.165) is 23.7 Å². The van der Waals surface area contributed by atoms with E-state index in [1.54, 1.807) is 0 Å². The van der Waals surface area contributed by atoms with Crippen LogP contribution < -0.4 is 0 Å². The smallest absolute Gasteiger partial charge is 0.0391 e. The van der Waals surface area contributed by atoms with Crippen LogP contribution in [0.4, 0.5) is 0 Å². The fraction of sp³-hybridized carbons (Fsp3) is 1.00. The van der Waals surface area contributed by atoms with Crippen molar-refractivity contribution < 1.29 is 0 Å². The molecule has 0 aromatic heterocycles. The van der Waals surface area contributed by atoms with Crippen LogP contribution in [0.25, 0.3) is 0 Å². The molecule has 0 aliphatic heterocycles. The van der Waals surface area contributed by atoms with Gasteiger partial charge in [0.2, 0.25) is 0 Å². The molecule has 0 bridgehead atoms. The molecule has 1 saturated carbocycles. The van der Waals surface area contributed by atoms with Crippen LogP contribution in [0.15, 0.2) is 0 Å². The van der Waals surface area contributed by atoms with E-state index in [4.69, 9.17) is 0 Å². The fourth-order valence-corrected chi connectivity index (χ4v) is 3.71. The van der Waals surface area contributed by atoms with Gasteiger partial charge in [-0.1, -0.05) is 187 Å². The predicted octanol–water partition coefficient (Wildman–Crippen LogP) is 13.5. The van der Waals surface area contributed by atoms with Crippen molar-refractivity contribution in [1.82, 2.24) is 0 Å². The molecule has 0 amide bonds. The molecule has 1 aliphatic rings. The van der Waals surface area contributed by atoms with Crippen LogP contribution in [-0.4, -0.2) is 0 Å². The molecule has 0 heteroatoms. The Morgan fingerprint density at radius 3 is 1.21 bits per heavy atom. The molecular formula is C33H76. The molecule has 0 nitrogen and oxygen atoms in total. The van der Waals surface area contributed by atoms with Crippen LogP contribution in [0.1, 0.15) is 193 Å². The van der Waals surface area contributed by atoms with Crippen LogP contribution in [0, 0.1) is 23.7 Å². The molecule has 1 aliphatic carbocycles. The maximum Gasteiger partial charge on any atom is -0.0391 e. The highest BCUT2D eigenvalue weighted by Gasteiger charge is 2.23. The Morgan fingerprint density at radius 1 is 0.576 bits per heavy atom. The summed E-state index contributed by atoms with van der Waals surface area (Å²) < 4.78 is 0. The van der Waals surface area contributed by atoms with E-state index in [9.17, 15) is 0 Å². The summed E-state index contributed by atoms with van der Waals surface area (Å²) in [4.78, 5) is 0. The van der Waals surface area contributed by atoms with Gasteiger partial charge in [0.25, 0.3) is 0 Å². The SMILES string of the molecule is CC.CC.CCC1CCC1C.CCCC.CCCCC.CCCCCCCC(CC)C(C)C. The van der Waals surface area contributed by atoms with Crippen LogP contribution in [0.2, 0.25) is 0 Å². The number of hydrogen-bond acceptors (Lipinski definition) is 0. The summed E-state index contributed by atoms with van der Waals surface area (Å²) >= 11 is 0. The molecule has 0 spiro atoms. The van der Waals surface area contributed by atoms with Gasteiger partial charge in [-0.2, -0.15) is 0 Å². The van der Waals surface area contributed by atoms with Crippen molar-refractivity contribution >= 4 is 0 Å². The lowest BCUT2D eigenvalue weighted by atomic mass is 9.74. The first-order chi connectivity index (χ1) is 15.9. The predicted molar refractivity (Wildman–Crippen MR) is 163 cm³/mol. The van der Waals surface area contributed by atoms with Crippen molar-refractivity contribution in [3.05, 3.63) is 0 Å².